The standard InChI is InChI=1S/C13H16O3.C13H16O2.C10H12O.C9H10O2.4C2H6/c1-10(14)12(9-13(15)16-2)8-11-6-4-3-5-7-11;1-10(14)8-13(11(2)15)9-12-6-4-3-5-7-12;1-9(11)7-8-10-5-3-2-4-6-10;10-9(11)7-6-8-4-2-1-3-5-8;4*1-2/h3-7,12H,8-9H2,1-2H3;3-7,13H,8-9H2,1-2H3;2-6H,7-8H2,1H3;1-5H,6-7H2,(H,10,11);4*1-2H3. The Morgan fingerprint density at radius 2 is 0.738 bits per heavy atom. The minimum absolute atomic E-state index is 0.0225. The molecule has 61 heavy (non-hydrogen) atoms. The molecule has 0 fully saturated rings. The maximum Gasteiger partial charge on any atom is 0.306 e. The summed E-state index contributed by atoms with van der Waals surface area (Å²) in [5.41, 5.74) is 4.49. The van der Waals surface area contributed by atoms with Crippen LogP contribution in [0, 0.1) is 11.8 Å². The summed E-state index contributed by atoms with van der Waals surface area (Å²) in [6.45, 7) is 22.2. The van der Waals surface area contributed by atoms with Crippen LogP contribution in [0.4, 0.5) is 0 Å². The van der Waals surface area contributed by atoms with Crippen LogP contribution in [0.1, 0.15) is 131 Å². The van der Waals surface area contributed by atoms with Crippen LogP contribution in [0.5, 0.6) is 0 Å². The topological polar surface area (TPSA) is 132 Å². The summed E-state index contributed by atoms with van der Waals surface area (Å²) in [7, 11) is 1.34. The number of ketones is 4. The van der Waals surface area contributed by atoms with E-state index in [4.69, 9.17) is 5.11 Å². The SMILES string of the molecule is CC.CC.CC.CC.CC(=O)CC(Cc1ccccc1)C(C)=O.CC(=O)CCc1ccccc1.COC(=O)CC(Cc1ccccc1)C(C)=O.O=C(O)CCc1ccccc1. The van der Waals surface area contributed by atoms with Crippen LogP contribution in [0.15, 0.2) is 121 Å². The number of carboxylic acids is 1. The van der Waals surface area contributed by atoms with E-state index in [1.807, 2.05) is 177 Å². The quantitative estimate of drug-likeness (QED) is 0.110. The van der Waals surface area contributed by atoms with E-state index in [0.717, 1.165) is 23.1 Å². The van der Waals surface area contributed by atoms with Gasteiger partial charge in [0.05, 0.1) is 13.5 Å². The first kappa shape index (κ1) is 62.2. The van der Waals surface area contributed by atoms with Crippen molar-refractivity contribution in [3.05, 3.63) is 144 Å². The molecule has 2 unspecified atom stereocenters. The van der Waals surface area contributed by atoms with Gasteiger partial charge >= 0.3 is 11.9 Å². The summed E-state index contributed by atoms with van der Waals surface area (Å²) in [5, 5.41) is 8.37. The highest BCUT2D eigenvalue weighted by Gasteiger charge is 2.19. The molecule has 0 saturated heterocycles. The number of hydrogen-bond donors (Lipinski definition) is 1. The third-order valence-corrected chi connectivity index (χ3v) is 8.05. The molecule has 0 aliphatic heterocycles. The predicted molar refractivity (Wildman–Crippen MR) is 254 cm³/mol. The second-order valence-electron chi connectivity index (χ2n) is 12.7. The molecule has 0 spiro atoms. The van der Waals surface area contributed by atoms with E-state index in [0.29, 0.717) is 32.1 Å². The van der Waals surface area contributed by atoms with Gasteiger partial charge in [-0.05, 0) is 75.6 Å². The molecular weight excluding hydrogens is 765 g/mol. The van der Waals surface area contributed by atoms with E-state index in [9.17, 15) is 28.8 Å². The fourth-order valence-corrected chi connectivity index (χ4v) is 5.01. The van der Waals surface area contributed by atoms with Gasteiger partial charge in [-0.2, -0.15) is 0 Å². The van der Waals surface area contributed by atoms with Gasteiger partial charge in [0.2, 0.25) is 0 Å². The van der Waals surface area contributed by atoms with Crippen molar-refractivity contribution in [2.45, 2.75) is 134 Å². The van der Waals surface area contributed by atoms with Gasteiger partial charge in [-0.15, -0.1) is 0 Å². The maximum absolute atomic E-state index is 11.4. The van der Waals surface area contributed by atoms with Gasteiger partial charge in [0, 0.05) is 31.1 Å². The van der Waals surface area contributed by atoms with E-state index in [1.165, 1.54) is 26.5 Å². The molecule has 0 saturated carbocycles. The highest BCUT2D eigenvalue weighted by atomic mass is 16.5. The van der Waals surface area contributed by atoms with Crippen molar-refractivity contribution >= 4 is 35.1 Å². The summed E-state index contributed by atoms with van der Waals surface area (Å²) in [5.74, 6) is -1.08. The number of carbonyl (C=O) groups is 6. The number of Topliss-reactive ketones (excluding diaryl/α,β-unsaturated/α-hetero) is 4. The number of ether oxygens (including phenoxy) is 1. The molecule has 2 atom stereocenters. The van der Waals surface area contributed by atoms with Crippen LogP contribution >= 0.6 is 0 Å². The zero-order chi connectivity index (χ0) is 47.4. The molecule has 0 aliphatic rings. The van der Waals surface area contributed by atoms with Crippen molar-refractivity contribution in [2.75, 3.05) is 7.11 Å². The summed E-state index contributed by atoms with van der Waals surface area (Å²) in [6.07, 6.45) is 4.12. The fraction of sp³-hybridized carbons (Fsp3) is 0.434. The third-order valence-electron chi connectivity index (χ3n) is 8.05. The Morgan fingerprint density at radius 1 is 0.443 bits per heavy atom. The third kappa shape index (κ3) is 38.5. The first-order valence-electron chi connectivity index (χ1n) is 21.7. The Labute approximate surface area is 369 Å². The smallest absolute Gasteiger partial charge is 0.306 e. The lowest BCUT2D eigenvalue weighted by atomic mass is 9.91. The molecule has 8 nitrogen and oxygen atoms in total. The number of hydrogen-bond acceptors (Lipinski definition) is 7. The van der Waals surface area contributed by atoms with Crippen LogP contribution in [0.3, 0.4) is 0 Å². The number of benzene rings is 4. The fourth-order valence-electron chi connectivity index (χ4n) is 5.01. The number of methoxy groups -OCH3 is 1. The Balaban J connectivity index is -0.000000339. The van der Waals surface area contributed by atoms with Crippen LogP contribution < -0.4 is 0 Å². The first-order valence-corrected chi connectivity index (χ1v) is 21.7. The molecule has 338 valence electrons. The maximum atomic E-state index is 11.4. The van der Waals surface area contributed by atoms with E-state index >= 15 is 0 Å². The van der Waals surface area contributed by atoms with Gasteiger partial charge in [0.15, 0.2) is 0 Å². The van der Waals surface area contributed by atoms with E-state index < -0.39 is 5.97 Å². The molecule has 0 aliphatic carbocycles. The number of carbonyl (C=O) groups excluding carboxylic acids is 5. The molecule has 4 aromatic carbocycles. The first-order chi connectivity index (χ1) is 29.3. The normalized spacial score (nSPS) is 9.92. The lowest BCUT2D eigenvalue weighted by molar-refractivity contribution is -0.143. The number of carboxylic acid groups (broad SMARTS) is 1. The Hall–Kier alpha value is -5.50. The minimum Gasteiger partial charge on any atom is -0.481 e. The van der Waals surface area contributed by atoms with Gasteiger partial charge in [-0.25, -0.2) is 0 Å². The average Bonchev–Trinajstić information content (AvgIpc) is 3.29. The molecule has 1 N–H and O–H groups in total. The van der Waals surface area contributed by atoms with Crippen LogP contribution in [-0.2, 0) is 59.2 Å². The lowest BCUT2D eigenvalue weighted by Crippen LogP contribution is -2.19. The van der Waals surface area contributed by atoms with Crippen LogP contribution in [-0.4, -0.2) is 47.3 Å². The zero-order valence-corrected chi connectivity index (χ0v) is 39.7. The molecule has 0 aromatic heterocycles. The van der Waals surface area contributed by atoms with Gasteiger partial charge in [0.1, 0.15) is 23.1 Å². The second-order valence-corrected chi connectivity index (χ2v) is 12.7. The van der Waals surface area contributed by atoms with Crippen molar-refractivity contribution in [3.63, 3.8) is 0 Å². The summed E-state index contributed by atoms with van der Waals surface area (Å²) < 4.78 is 4.58. The van der Waals surface area contributed by atoms with E-state index in [-0.39, 0.29) is 53.8 Å². The molecule has 0 heterocycles. The largest absolute Gasteiger partial charge is 0.481 e. The van der Waals surface area contributed by atoms with Gasteiger partial charge in [0.25, 0.3) is 0 Å². The summed E-state index contributed by atoms with van der Waals surface area (Å²) >= 11 is 0. The number of aryl methyl sites for hydroxylation is 2. The lowest BCUT2D eigenvalue weighted by Gasteiger charge is -2.12. The molecule has 0 bridgehead atoms. The average molecular weight is 843 g/mol. The number of rotatable bonds is 16. The van der Waals surface area contributed by atoms with Gasteiger partial charge in [-0.1, -0.05) is 177 Å². The molecular formula is C53H78O8. The van der Waals surface area contributed by atoms with Crippen molar-refractivity contribution in [3.8, 4) is 0 Å². The minimum atomic E-state index is -0.742. The van der Waals surface area contributed by atoms with Crippen molar-refractivity contribution in [2.24, 2.45) is 11.8 Å². The monoisotopic (exact) mass is 843 g/mol. The Morgan fingerprint density at radius 3 is 1.00 bits per heavy atom. The molecule has 0 radical (unpaired) electrons. The van der Waals surface area contributed by atoms with Crippen LogP contribution in [0.2, 0.25) is 0 Å². The summed E-state index contributed by atoms with van der Waals surface area (Å²) in [6, 6.07) is 39.1. The predicted octanol–water partition coefficient (Wildman–Crippen LogP) is 12.4. The number of aliphatic carboxylic acids is 1. The number of esters is 1. The van der Waals surface area contributed by atoms with Crippen molar-refractivity contribution < 1.29 is 38.6 Å². The van der Waals surface area contributed by atoms with Crippen LogP contribution in [0.25, 0.3) is 0 Å². The van der Waals surface area contributed by atoms with Gasteiger partial charge in [-0.3, -0.25) is 19.2 Å². The highest BCUT2D eigenvalue weighted by molar-refractivity contribution is 5.85. The van der Waals surface area contributed by atoms with E-state index in [1.54, 1.807) is 13.8 Å². The second kappa shape index (κ2) is 44.1. The summed E-state index contributed by atoms with van der Waals surface area (Å²) in [4.78, 5) is 65.7. The Bertz CT molecular complexity index is 1600. The molecule has 4 aromatic rings. The Kier molecular flexibility index (Phi) is 44.9. The van der Waals surface area contributed by atoms with Crippen molar-refractivity contribution in [1.29, 1.82) is 0 Å². The highest BCUT2D eigenvalue weighted by Crippen LogP contribution is 2.15. The van der Waals surface area contributed by atoms with Gasteiger partial charge < -0.3 is 19.4 Å². The molecule has 8 heteroatoms. The molecule has 4 rings (SSSR count). The van der Waals surface area contributed by atoms with E-state index in [2.05, 4.69) is 4.74 Å². The van der Waals surface area contributed by atoms with Crippen molar-refractivity contribution in [1.82, 2.24) is 0 Å². The molecule has 0 amide bonds. The zero-order valence-electron chi connectivity index (χ0n) is 39.7.